The molecule has 0 spiro atoms. The molecule has 0 saturated heterocycles. The minimum absolute atomic E-state index is 0.272. The Kier molecular flexibility index (Phi) is 5.17. The van der Waals surface area contributed by atoms with Crippen molar-refractivity contribution < 1.29 is 0 Å². The van der Waals surface area contributed by atoms with E-state index in [2.05, 4.69) is 61.7 Å². The lowest BCUT2D eigenvalue weighted by molar-refractivity contribution is 0.505. The van der Waals surface area contributed by atoms with Crippen LogP contribution in [0.25, 0.3) is 0 Å². The van der Waals surface area contributed by atoms with Crippen LogP contribution in [0.5, 0.6) is 0 Å². The standard InChI is InChI=1S/C16H27N5/c1-6-15-14(11-20(5)19-15)16(17-7-2)10-13-8-9-21(18-13)12(3)4/h8-9,11-12,16-17H,6-7,10H2,1-5H3. The SMILES string of the molecule is CCNC(Cc1ccn(C(C)C)n1)c1cn(C)nc1CC. The van der Waals surface area contributed by atoms with Gasteiger partial charge in [-0.2, -0.15) is 10.2 Å². The number of hydrogen-bond acceptors (Lipinski definition) is 3. The first-order chi connectivity index (χ1) is 10.0. The Hall–Kier alpha value is -1.62. The molecule has 0 radical (unpaired) electrons. The lowest BCUT2D eigenvalue weighted by Crippen LogP contribution is -2.24. The quantitative estimate of drug-likeness (QED) is 0.852. The van der Waals surface area contributed by atoms with E-state index in [9.17, 15) is 0 Å². The van der Waals surface area contributed by atoms with Crippen molar-refractivity contribution in [2.45, 2.75) is 52.6 Å². The fourth-order valence-electron chi connectivity index (χ4n) is 2.64. The van der Waals surface area contributed by atoms with E-state index in [-0.39, 0.29) is 6.04 Å². The number of aryl methyl sites for hydroxylation is 2. The minimum Gasteiger partial charge on any atom is -0.310 e. The van der Waals surface area contributed by atoms with E-state index in [0.29, 0.717) is 6.04 Å². The van der Waals surface area contributed by atoms with Crippen molar-refractivity contribution in [1.82, 2.24) is 24.9 Å². The molecule has 1 atom stereocenters. The zero-order valence-corrected chi connectivity index (χ0v) is 13.8. The molecule has 0 aliphatic heterocycles. The highest BCUT2D eigenvalue weighted by Crippen LogP contribution is 2.21. The predicted octanol–water partition coefficient (Wildman–Crippen LogP) is 2.65. The normalized spacial score (nSPS) is 13.0. The van der Waals surface area contributed by atoms with Gasteiger partial charge in [0.15, 0.2) is 0 Å². The van der Waals surface area contributed by atoms with Gasteiger partial charge in [-0.15, -0.1) is 0 Å². The minimum atomic E-state index is 0.272. The molecule has 2 aromatic rings. The molecule has 0 fully saturated rings. The zero-order chi connectivity index (χ0) is 15.4. The second-order valence-corrected chi connectivity index (χ2v) is 5.75. The fraction of sp³-hybridized carbons (Fsp3) is 0.625. The van der Waals surface area contributed by atoms with Crippen LogP contribution >= 0.6 is 0 Å². The van der Waals surface area contributed by atoms with Gasteiger partial charge in [0.2, 0.25) is 0 Å². The Balaban J connectivity index is 2.21. The Morgan fingerprint density at radius 1 is 1.24 bits per heavy atom. The van der Waals surface area contributed by atoms with Crippen LogP contribution < -0.4 is 5.32 Å². The number of hydrogen-bond donors (Lipinski definition) is 1. The van der Waals surface area contributed by atoms with E-state index >= 15 is 0 Å². The second-order valence-electron chi connectivity index (χ2n) is 5.75. The molecular weight excluding hydrogens is 262 g/mol. The maximum Gasteiger partial charge on any atom is 0.0669 e. The average molecular weight is 289 g/mol. The number of nitrogens with zero attached hydrogens (tertiary/aromatic N) is 4. The monoisotopic (exact) mass is 289 g/mol. The fourth-order valence-corrected chi connectivity index (χ4v) is 2.64. The number of nitrogens with one attached hydrogen (secondary N) is 1. The second kappa shape index (κ2) is 6.89. The van der Waals surface area contributed by atoms with Gasteiger partial charge in [0.05, 0.1) is 11.4 Å². The molecule has 1 unspecified atom stereocenters. The highest BCUT2D eigenvalue weighted by molar-refractivity contribution is 5.23. The van der Waals surface area contributed by atoms with E-state index in [1.54, 1.807) is 0 Å². The molecule has 21 heavy (non-hydrogen) atoms. The molecule has 0 bridgehead atoms. The summed E-state index contributed by atoms with van der Waals surface area (Å²) in [5, 5.41) is 12.8. The van der Waals surface area contributed by atoms with Crippen molar-refractivity contribution in [2.24, 2.45) is 7.05 Å². The zero-order valence-electron chi connectivity index (χ0n) is 13.8. The van der Waals surface area contributed by atoms with Crippen molar-refractivity contribution in [3.8, 4) is 0 Å². The molecular formula is C16H27N5. The van der Waals surface area contributed by atoms with Crippen molar-refractivity contribution in [3.05, 3.63) is 35.4 Å². The summed E-state index contributed by atoms with van der Waals surface area (Å²) >= 11 is 0. The van der Waals surface area contributed by atoms with Gasteiger partial charge < -0.3 is 5.32 Å². The molecule has 0 aromatic carbocycles. The van der Waals surface area contributed by atoms with Crippen LogP contribution in [0.1, 0.15) is 56.7 Å². The number of likely N-dealkylation sites (N-methyl/N-ethyl adjacent to an activating group) is 1. The highest BCUT2D eigenvalue weighted by Gasteiger charge is 2.18. The number of rotatable bonds is 7. The molecule has 0 aliphatic carbocycles. The predicted molar refractivity (Wildman–Crippen MR) is 85.3 cm³/mol. The lowest BCUT2D eigenvalue weighted by Gasteiger charge is -2.17. The van der Waals surface area contributed by atoms with Gasteiger partial charge in [0, 0.05) is 43.5 Å². The summed E-state index contributed by atoms with van der Waals surface area (Å²) < 4.78 is 3.92. The third-order valence-corrected chi connectivity index (χ3v) is 3.70. The first-order valence-corrected chi connectivity index (χ1v) is 7.84. The van der Waals surface area contributed by atoms with Crippen LogP contribution in [0.15, 0.2) is 18.5 Å². The highest BCUT2D eigenvalue weighted by atomic mass is 15.3. The first kappa shape index (κ1) is 15.8. The van der Waals surface area contributed by atoms with Crippen LogP contribution in [-0.4, -0.2) is 26.1 Å². The molecule has 0 aliphatic rings. The Morgan fingerprint density at radius 3 is 2.57 bits per heavy atom. The maximum atomic E-state index is 4.67. The van der Waals surface area contributed by atoms with E-state index in [1.807, 2.05) is 16.4 Å². The summed E-state index contributed by atoms with van der Waals surface area (Å²) in [6.45, 7) is 9.53. The smallest absolute Gasteiger partial charge is 0.0669 e. The molecule has 5 nitrogen and oxygen atoms in total. The van der Waals surface area contributed by atoms with Crippen LogP contribution in [0.3, 0.4) is 0 Å². The van der Waals surface area contributed by atoms with Crippen molar-refractivity contribution in [3.63, 3.8) is 0 Å². The summed E-state index contributed by atoms with van der Waals surface area (Å²) in [6.07, 6.45) is 6.04. The Bertz CT molecular complexity index is 567. The summed E-state index contributed by atoms with van der Waals surface area (Å²) in [7, 11) is 1.99. The van der Waals surface area contributed by atoms with Crippen LogP contribution in [0, 0.1) is 0 Å². The van der Waals surface area contributed by atoms with Crippen LogP contribution in [0.2, 0.25) is 0 Å². The molecule has 0 saturated carbocycles. The van der Waals surface area contributed by atoms with Gasteiger partial charge in [-0.3, -0.25) is 9.36 Å². The third kappa shape index (κ3) is 3.73. The van der Waals surface area contributed by atoms with E-state index in [4.69, 9.17) is 0 Å². The van der Waals surface area contributed by atoms with Crippen molar-refractivity contribution >= 4 is 0 Å². The summed E-state index contributed by atoms with van der Waals surface area (Å²) in [5.41, 5.74) is 3.59. The summed E-state index contributed by atoms with van der Waals surface area (Å²) in [5.74, 6) is 0. The van der Waals surface area contributed by atoms with Crippen molar-refractivity contribution in [1.29, 1.82) is 0 Å². The lowest BCUT2D eigenvalue weighted by atomic mass is 10.0. The summed E-state index contributed by atoms with van der Waals surface area (Å²) in [4.78, 5) is 0. The maximum absolute atomic E-state index is 4.67. The van der Waals surface area contributed by atoms with Crippen LogP contribution in [-0.2, 0) is 19.9 Å². The summed E-state index contributed by atoms with van der Waals surface area (Å²) in [6, 6.07) is 2.79. The topological polar surface area (TPSA) is 47.7 Å². The molecule has 2 heterocycles. The van der Waals surface area contributed by atoms with Gasteiger partial charge in [-0.25, -0.2) is 0 Å². The third-order valence-electron chi connectivity index (χ3n) is 3.70. The van der Waals surface area contributed by atoms with Gasteiger partial charge in [0.25, 0.3) is 0 Å². The van der Waals surface area contributed by atoms with Crippen LogP contribution in [0.4, 0.5) is 0 Å². The molecule has 0 amide bonds. The Morgan fingerprint density at radius 2 is 2.00 bits per heavy atom. The molecule has 116 valence electrons. The number of aromatic nitrogens is 4. The largest absolute Gasteiger partial charge is 0.310 e. The first-order valence-electron chi connectivity index (χ1n) is 7.84. The van der Waals surface area contributed by atoms with E-state index in [0.717, 1.165) is 25.1 Å². The van der Waals surface area contributed by atoms with Gasteiger partial charge in [-0.1, -0.05) is 13.8 Å². The van der Waals surface area contributed by atoms with E-state index < -0.39 is 0 Å². The van der Waals surface area contributed by atoms with Gasteiger partial charge in [0.1, 0.15) is 0 Å². The molecule has 2 rings (SSSR count). The van der Waals surface area contributed by atoms with Crippen molar-refractivity contribution in [2.75, 3.05) is 6.54 Å². The van der Waals surface area contributed by atoms with E-state index in [1.165, 1.54) is 11.3 Å². The molecule has 2 aromatic heterocycles. The average Bonchev–Trinajstić information content (AvgIpc) is 3.04. The molecule has 5 heteroatoms. The van der Waals surface area contributed by atoms with Gasteiger partial charge >= 0.3 is 0 Å². The molecule has 1 N–H and O–H groups in total. The Labute approximate surface area is 127 Å². The van der Waals surface area contributed by atoms with Gasteiger partial charge in [-0.05, 0) is 32.9 Å².